The van der Waals surface area contributed by atoms with Gasteiger partial charge in [0, 0.05) is 19.1 Å². The molecule has 0 aromatic carbocycles. The first-order valence-electron chi connectivity index (χ1n) is 5.73. The zero-order valence-corrected chi connectivity index (χ0v) is 10.9. The van der Waals surface area contributed by atoms with Crippen LogP contribution in [0.1, 0.15) is 40.0 Å². The Morgan fingerprint density at radius 2 is 1.73 bits per heavy atom. The molecule has 4 nitrogen and oxygen atoms in total. The van der Waals surface area contributed by atoms with Crippen molar-refractivity contribution in [2.24, 2.45) is 5.73 Å². The van der Waals surface area contributed by atoms with Gasteiger partial charge in [0.05, 0.1) is 5.75 Å². The normalized spacial score (nSPS) is 12.7. The first-order chi connectivity index (χ1) is 7.03. The molecule has 0 amide bonds. The van der Waals surface area contributed by atoms with E-state index in [-0.39, 0.29) is 11.8 Å². The smallest absolute Gasteiger partial charge is 0.214 e. The number of sulfonamides is 1. The van der Waals surface area contributed by atoms with Gasteiger partial charge in [-0.25, -0.2) is 8.42 Å². The van der Waals surface area contributed by atoms with Crippen LogP contribution in [0.4, 0.5) is 0 Å². The highest BCUT2D eigenvalue weighted by Gasteiger charge is 2.26. The maximum absolute atomic E-state index is 12.0. The third-order valence-corrected chi connectivity index (χ3v) is 4.64. The van der Waals surface area contributed by atoms with Crippen LogP contribution >= 0.6 is 0 Å². The molecule has 0 saturated carbocycles. The maximum Gasteiger partial charge on any atom is 0.214 e. The van der Waals surface area contributed by atoms with Crippen LogP contribution in [0.2, 0.25) is 0 Å². The molecule has 0 heterocycles. The van der Waals surface area contributed by atoms with Crippen LogP contribution in [-0.2, 0) is 10.0 Å². The predicted molar refractivity (Wildman–Crippen MR) is 64.2 cm³/mol. The Labute approximate surface area is 93.9 Å². The lowest BCUT2D eigenvalue weighted by atomic mass is 10.2. The molecule has 0 radical (unpaired) electrons. The minimum absolute atomic E-state index is 0.102. The Balaban J connectivity index is 4.77. The molecule has 0 fully saturated rings. The summed E-state index contributed by atoms with van der Waals surface area (Å²) in [6, 6.07) is 0.102. The number of hydrogen-bond acceptors (Lipinski definition) is 3. The molecule has 0 aliphatic heterocycles. The van der Waals surface area contributed by atoms with Gasteiger partial charge in [0.25, 0.3) is 0 Å². The Bertz CT molecular complexity index is 248. The van der Waals surface area contributed by atoms with Crippen molar-refractivity contribution >= 4 is 10.0 Å². The van der Waals surface area contributed by atoms with Crippen molar-refractivity contribution in [2.45, 2.75) is 46.1 Å². The molecule has 0 aromatic heterocycles. The van der Waals surface area contributed by atoms with Gasteiger partial charge in [-0.05, 0) is 19.3 Å². The summed E-state index contributed by atoms with van der Waals surface area (Å²) in [5.74, 6) is 0.226. The summed E-state index contributed by atoms with van der Waals surface area (Å²) >= 11 is 0. The van der Waals surface area contributed by atoms with Gasteiger partial charge in [0.15, 0.2) is 0 Å². The fraction of sp³-hybridized carbons (Fsp3) is 1.00. The molecule has 0 bridgehead atoms. The van der Waals surface area contributed by atoms with Gasteiger partial charge in [-0.3, -0.25) is 0 Å². The van der Waals surface area contributed by atoms with E-state index >= 15 is 0 Å². The summed E-state index contributed by atoms with van der Waals surface area (Å²) in [4.78, 5) is 0. The second-order valence-electron chi connectivity index (χ2n) is 3.69. The summed E-state index contributed by atoms with van der Waals surface area (Å²) in [7, 11) is -3.10. The van der Waals surface area contributed by atoms with E-state index in [4.69, 9.17) is 5.73 Å². The molecule has 0 aromatic rings. The second kappa shape index (κ2) is 7.19. The topological polar surface area (TPSA) is 63.4 Å². The summed E-state index contributed by atoms with van der Waals surface area (Å²) in [6.45, 7) is 6.73. The van der Waals surface area contributed by atoms with E-state index in [0.717, 1.165) is 12.8 Å². The maximum atomic E-state index is 12.0. The number of nitrogens with zero attached hydrogens (tertiary/aromatic N) is 1. The van der Waals surface area contributed by atoms with Crippen molar-refractivity contribution in [3.05, 3.63) is 0 Å². The highest BCUT2D eigenvalue weighted by Crippen LogP contribution is 2.14. The van der Waals surface area contributed by atoms with E-state index in [1.54, 1.807) is 4.31 Å². The molecule has 0 atom stereocenters. The lowest BCUT2D eigenvalue weighted by molar-refractivity contribution is 0.309. The van der Waals surface area contributed by atoms with Crippen molar-refractivity contribution in [3.8, 4) is 0 Å². The predicted octanol–water partition coefficient (Wildman–Crippen LogP) is 1.18. The fourth-order valence-electron chi connectivity index (χ4n) is 1.75. The quantitative estimate of drug-likeness (QED) is 0.688. The highest BCUT2D eigenvalue weighted by atomic mass is 32.2. The number of hydrogen-bond donors (Lipinski definition) is 1. The minimum Gasteiger partial charge on any atom is -0.329 e. The molecule has 92 valence electrons. The van der Waals surface area contributed by atoms with Crippen LogP contribution in [0.25, 0.3) is 0 Å². The second-order valence-corrected chi connectivity index (χ2v) is 5.73. The molecule has 0 aliphatic rings. The lowest BCUT2D eigenvalue weighted by Crippen LogP contribution is -2.43. The molecule has 0 aliphatic carbocycles. The van der Waals surface area contributed by atoms with E-state index in [0.29, 0.717) is 19.5 Å². The minimum atomic E-state index is -3.10. The zero-order chi connectivity index (χ0) is 11.9. The van der Waals surface area contributed by atoms with E-state index in [1.165, 1.54) is 0 Å². The van der Waals surface area contributed by atoms with Gasteiger partial charge in [-0.2, -0.15) is 4.31 Å². The van der Waals surface area contributed by atoms with Gasteiger partial charge >= 0.3 is 0 Å². The largest absolute Gasteiger partial charge is 0.329 e. The zero-order valence-electron chi connectivity index (χ0n) is 10.1. The van der Waals surface area contributed by atoms with Crippen LogP contribution in [0, 0.1) is 0 Å². The molecule has 2 N–H and O–H groups in total. The van der Waals surface area contributed by atoms with Crippen molar-refractivity contribution in [1.82, 2.24) is 4.31 Å². The van der Waals surface area contributed by atoms with Gasteiger partial charge < -0.3 is 5.73 Å². The molecule has 0 saturated heterocycles. The average molecular weight is 236 g/mol. The van der Waals surface area contributed by atoms with E-state index in [9.17, 15) is 8.42 Å². The van der Waals surface area contributed by atoms with Gasteiger partial charge in [-0.15, -0.1) is 0 Å². The third kappa shape index (κ3) is 4.49. The fourth-order valence-corrected chi connectivity index (χ4v) is 3.63. The van der Waals surface area contributed by atoms with Gasteiger partial charge in [0.1, 0.15) is 0 Å². The summed E-state index contributed by atoms with van der Waals surface area (Å²) in [5, 5.41) is 0. The summed E-state index contributed by atoms with van der Waals surface area (Å²) < 4.78 is 25.5. The monoisotopic (exact) mass is 236 g/mol. The van der Waals surface area contributed by atoms with Crippen LogP contribution < -0.4 is 5.73 Å². The third-order valence-electron chi connectivity index (χ3n) is 2.52. The van der Waals surface area contributed by atoms with Crippen molar-refractivity contribution in [1.29, 1.82) is 0 Å². The van der Waals surface area contributed by atoms with Crippen LogP contribution in [0.15, 0.2) is 0 Å². The first kappa shape index (κ1) is 14.9. The summed E-state index contributed by atoms with van der Waals surface area (Å²) in [5.41, 5.74) is 5.46. The molecular formula is C10H24N2O2S. The lowest BCUT2D eigenvalue weighted by Gasteiger charge is -2.29. The van der Waals surface area contributed by atoms with Crippen molar-refractivity contribution < 1.29 is 8.42 Å². The Kier molecular flexibility index (Phi) is 7.13. The van der Waals surface area contributed by atoms with Gasteiger partial charge in [-0.1, -0.05) is 20.8 Å². The molecule has 5 heteroatoms. The van der Waals surface area contributed by atoms with E-state index < -0.39 is 10.0 Å². The van der Waals surface area contributed by atoms with Crippen LogP contribution in [0.5, 0.6) is 0 Å². The van der Waals surface area contributed by atoms with Crippen LogP contribution in [-0.4, -0.2) is 37.6 Å². The Hall–Kier alpha value is -0.130. The molecule has 15 heavy (non-hydrogen) atoms. The summed E-state index contributed by atoms with van der Waals surface area (Å²) in [6.07, 6.45) is 2.35. The van der Waals surface area contributed by atoms with E-state index in [2.05, 4.69) is 0 Å². The Morgan fingerprint density at radius 3 is 2.07 bits per heavy atom. The van der Waals surface area contributed by atoms with Crippen LogP contribution in [0.3, 0.4) is 0 Å². The molecule has 0 rings (SSSR count). The number of nitrogens with two attached hydrogens (primary N) is 1. The first-order valence-corrected chi connectivity index (χ1v) is 7.33. The number of rotatable bonds is 8. The SMILES string of the molecule is CCCS(=O)(=O)N(CCN)C(CC)CC. The molecule has 0 unspecified atom stereocenters. The molecule has 0 spiro atoms. The Morgan fingerprint density at radius 1 is 1.20 bits per heavy atom. The average Bonchev–Trinajstić information content (AvgIpc) is 2.18. The highest BCUT2D eigenvalue weighted by molar-refractivity contribution is 7.89. The van der Waals surface area contributed by atoms with Crippen molar-refractivity contribution in [2.75, 3.05) is 18.8 Å². The standard InChI is InChI=1S/C10H24N2O2S/c1-4-9-15(13,14)12(8-7-11)10(5-2)6-3/h10H,4-9,11H2,1-3H3. The van der Waals surface area contributed by atoms with Crippen molar-refractivity contribution in [3.63, 3.8) is 0 Å². The van der Waals surface area contributed by atoms with Gasteiger partial charge in [0.2, 0.25) is 10.0 Å². The molecular weight excluding hydrogens is 212 g/mol. The van der Waals surface area contributed by atoms with E-state index in [1.807, 2.05) is 20.8 Å².